The van der Waals surface area contributed by atoms with Crippen molar-refractivity contribution in [1.82, 2.24) is 0 Å². The Morgan fingerprint density at radius 3 is 1.83 bits per heavy atom. The van der Waals surface area contributed by atoms with Gasteiger partial charge in [-0.25, -0.2) is 0 Å². The predicted molar refractivity (Wildman–Crippen MR) is 117 cm³/mol. The number of rotatable bonds is 3. The molecule has 4 aromatic rings. The molecule has 0 aromatic heterocycles. The SMILES string of the molecule is C1=CCC([c-]2ccc3ccccc32)=C1.[Cl-].[Cl-].[Zr+2]=[C](c1ccccc1)c1ccccc1. The number of allylic oxidation sites excluding steroid dienone is 4. The van der Waals surface area contributed by atoms with Crippen LogP contribution in [0.5, 0.6) is 0 Å². The number of hydrogen-bond donors (Lipinski definition) is 0. The summed E-state index contributed by atoms with van der Waals surface area (Å²) in [5, 5.41) is 2.72. The summed E-state index contributed by atoms with van der Waals surface area (Å²) in [5.74, 6) is 0. The predicted octanol–water partition coefficient (Wildman–Crippen LogP) is 0.712. The van der Waals surface area contributed by atoms with Crippen LogP contribution in [0.1, 0.15) is 23.1 Å². The Kier molecular flexibility index (Phi) is 9.79. The summed E-state index contributed by atoms with van der Waals surface area (Å²) in [6.45, 7) is 0. The monoisotopic (exact) mass is 505 g/mol. The third-order valence-electron chi connectivity index (χ3n) is 4.92. The first-order valence-electron chi connectivity index (χ1n) is 9.53. The molecular formula is C27H21Cl2Zr-. The quantitative estimate of drug-likeness (QED) is 0.359. The van der Waals surface area contributed by atoms with Crippen LogP contribution in [0.4, 0.5) is 0 Å². The van der Waals surface area contributed by atoms with Gasteiger partial charge >= 0.3 is 99.2 Å². The molecule has 3 heteroatoms. The van der Waals surface area contributed by atoms with Crippen LogP contribution < -0.4 is 24.8 Å². The molecule has 5 rings (SSSR count). The number of hydrogen-bond acceptors (Lipinski definition) is 0. The summed E-state index contributed by atoms with van der Waals surface area (Å²) < 4.78 is 1.42. The van der Waals surface area contributed by atoms with Gasteiger partial charge in [0.1, 0.15) is 0 Å². The summed E-state index contributed by atoms with van der Waals surface area (Å²) in [5.41, 5.74) is 5.49. The summed E-state index contributed by atoms with van der Waals surface area (Å²) >= 11 is 1.46. The zero-order valence-electron chi connectivity index (χ0n) is 16.4. The molecule has 0 unspecified atom stereocenters. The van der Waals surface area contributed by atoms with Crippen molar-refractivity contribution in [1.29, 1.82) is 0 Å². The molecule has 0 saturated carbocycles. The van der Waals surface area contributed by atoms with Gasteiger partial charge in [-0.1, -0.05) is 35.9 Å². The Labute approximate surface area is 205 Å². The van der Waals surface area contributed by atoms with Gasteiger partial charge in [0.2, 0.25) is 0 Å². The first-order chi connectivity index (χ1) is 13.8. The van der Waals surface area contributed by atoms with E-state index in [2.05, 4.69) is 115 Å². The number of benzene rings is 3. The Balaban J connectivity index is 0.000000200. The zero-order chi connectivity index (χ0) is 19.2. The fourth-order valence-electron chi connectivity index (χ4n) is 3.45. The van der Waals surface area contributed by atoms with Gasteiger partial charge in [-0.05, 0) is 6.42 Å². The average Bonchev–Trinajstić information content (AvgIpc) is 3.44. The van der Waals surface area contributed by atoms with Gasteiger partial charge in [0.15, 0.2) is 0 Å². The molecule has 0 amide bonds. The summed E-state index contributed by atoms with van der Waals surface area (Å²) in [7, 11) is 0. The standard InChI is InChI=1S/C14H11.C13H10.2ClH.Zr/c1-2-6-11(5-1)14-10-9-12-7-3-4-8-13(12)14;1-3-7-12(8-4-1)11-13-9-5-2-6-10-13;;;/h1-5,7-10H,6H2;1-10H;2*1H;/q-1;;;;+2/p-2. The maximum atomic E-state index is 2.23. The normalized spacial score (nSPS) is 11.6. The van der Waals surface area contributed by atoms with E-state index in [9.17, 15) is 0 Å². The molecule has 148 valence electrons. The van der Waals surface area contributed by atoms with Gasteiger partial charge in [0.05, 0.1) is 0 Å². The Morgan fingerprint density at radius 2 is 1.27 bits per heavy atom. The number of halogens is 2. The first kappa shape index (κ1) is 24.4. The third kappa shape index (κ3) is 5.82. The fourth-order valence-corrected chi connectivity index (χ4v) is 4.27. The number of fused-ring (bicyclic) bond motifs is 1. The van der Waals surface area contributed by atoms with Crippen LogP contribution >= 0.6 is 0 Å². The van der Waals surface area contributed by atoms with E-state index in [-0.39, 0.29) is 24.8 Å². The molecule has 4 aromatic carbocycles. The van der Waals surface area contributed by atoms with Crippen molar-refractivity contribution in [3.8, 4) is 0 Å². The Morgan fingerprint density at radius 1 is 0.700 bits per heavy atom. The van der Waals surface area contributed by atoms with E-state index in [0.29, 0.717) is 0 Å². The molecule has 0 bridgehead atoms. The maximum absolute atomic E-state index is 2.23. The third-order valence-corrected chi connectivity index (χ3v) is 6.34. The van der Waals surface area contributed by atoms with Crippen molar-refractivity contribution in [3.63, 3.8) is 0 Å². The minimum absolute atomic E-state index is 0. The van der Waals surface area contributed by atoms with Crippen molar-refractivity contribution in [2.75, 3.05) is 0 Å². The van der Waals surface area contributed by atoms with Gasteiger partial charge in [0, 0.05) is 0 Å². The molecule has 0 fully saturated rings. The molecule has 30 heavy (non-hydrogen) atoms. The fraction of sp³-hybridized carbons (Fsp3) is 0.0370. The summed E-state index contributed by atoms with van der Waals surface area (Å²) in [6, 6.07) is 34.1. The van der Waals surface area contributed by atoms with Crippen LogP contribution in [0.15, 0.2) is 115 Å². The van der Waals surface area contributed by atoms with E-state index < -0.39 is 0 Å². The summed E-state index contributed by atoms with van der Waals surface area (Å²) in [4.78, 5) is 0. The molecule has 0 heterocycles. The molecule has 0 N–H and O–H groups in total. The van der Waals surface area contributed by atoms with Gasteiger partial charge in [0.25, 0.3) is 0 Å². The van der Waals surface area contributed by atoms with Crippen LogP contribution in [-0.2, 0) is 24.2 Å². The average molecular weight is 508 g/mol. The van der Waals surface area contributed by atoms with Crippen LogP contribution in [0, 0.1) is 0 Å². The van der Waals surface area contributed by atoms with Gasteiger partial charge in [-0.2, -0.15) is 0 Å². The molecule has 0 nitrogen and oxygen atoms in total. The van der Waals surface area contributed by atoms with Crippen molar-refractivity contribution >= 4 is 19.6 Å². The second kappa shape index (κ2) is 12.1. The molecule has 1 aliphatic carbocycles. The first-order valence-corrected chi connectivity index (χ1v) is 10.8. The Bertz CT molecular complexity index is 1100. The molecular weight excluding hydrogens is 486 g/mol. The minimum atomic E-state index is 0. The van der Waals surface area contributed by atoms with Crippen LogP contribution in [0.2, 0.25) is 0 Å². The topological polar surface area (TPSA) is 0 Å². The van der Waals surface area contributed by atoms with E-state index in [0.717, 1.165) is 6.42 Å². The van der Waals surface area contributed by atoms with Crippen molar-refractivity contribution in [2.24, 2.45) is 0 Å². The van der Waals surface area contributed by atoms with Crippen molar-refractivity contribution in [2.45, 2.75) is 6.42 Å². The second-order valence-electron chi connectivity index (χ2n) is 6.77. The van der Waals surface area contributed by atoms with E-state index in [4.69, 9.17) is 0 Å². The summed E-state index contributed by atoms with van der Waals surface area (Å²) in [6.07, 6.45) is 7.63. The Hall–Kier alpha value is -1.92. The van der Waals surface area contributed by atoms with Gasteiger partial charge < -0.3 is 24.8 Å². The molecule has 0 saturated heterocycles. The van der Waals surface area contributed by atoms with Crippen LogP contribution in [0.25, 0.3) is 16.3 Å². The second-order valence-corrected chi connectivity index (χ2v) is 7.99. The van der Waals surface area contributed by atoms with Gasteiger partial charge in [-0.3, -0.25) is 0 Å². The molecule has 0 aliphatic heterocycles. The molecule has 0 atom stereocenters. The van der Waals surface area contributed by atoms with E-state index >= 15 is 0 Å². The van der Waals surface area contributed by atoms with E-state index in [1.165, 1.54) is 60.5 Å². The van der Waals surface area contributed by atoms with E-state index in [1.54, 1.807) is 0 Å². The van der Waals surface area contributed by atoms with Crippen LogP contribution in [-0.4, -0.2) is 3.21 Å². The van der Waals surface area contributed by atoms with Crippen molar-refractivity contribution in [3.05, 3.63) is 132 Å². The van der Waals surface area contributed by atoms with Crippen LogP contribution in [0.3, 0.4) is 0 Å². The van der Waals surface area contributed by atoms with Crippen molar-refractivity contribution < 1.29 is 49.0 Å². The van der Waals surface area contributed by atoms with Gasteiger partial charge in [-0.15, -0.1) is 40.6 Å². The zero-order valence-corrected chi connectivity index (χ0v) is 20.4. The molecule has 0 spiro atoms. The van der Waals surface area contributed by atoms with E-state index in [1.807, 2.05) is 0 Å². The molecule has 0 radical (unpaired) electrons. The molecule has 1 aliphatic rings.